The van der Waals surface area contributed by atoms with Crippen LogP contribution >= 0.6 is 0 Å². The standard InChI is InChI=1S/C21H26N4O7/c1-21(2,3)32-19(29)22-9-10-31-20(30)23-14-6-4-5-12-13(14)11-25(18(12)28)15-7-8-16(26)24-17(15)27/h4-6,15H,7-11H2,1-3H3,(H,22,29)(H,23,30)(H,24,26,27). The summed E-state index contributed by atoms with van der Waals surface area (Å²) in [4.78, 5) is 61.5. The van der Waals surface area contributed by atoms with E-state index in [-0.39, 0.29) is 44.4 Å². The number of carbonyl (C=O) groups is 5. The number of nitrogens with zero attached hydrogens (tertiary/aromatic N) is 1. The fourth-order valence-corrected chi connectivity index (χ4v) is 3.46. The number of benzene rings is 1. The Bertz CT molecular complexity index is 954. The molecular formula is C21H26N4O7. The van der Waals surface area contributed by atoms with Gasteiger partial charge in [0.25, 0.3) is 5.91 Å². The maximum Gasteiger partial charge on any atom is 0.411 e. The maximum atomic E-state index is 12.8. The summed E-state index contributed by atoms with van der Waals surface area (Å²) in [6.07, 6.45) is -0.962. The van der Waals surface area contributed by atoms with Crippen LogP contribution in [0.5, 0.6) is 0 Å². The van der Waals surface area contributed by atoms with Crippen LogP contribution in [0.15, 0.2) is 18.2 Å². The molecule has 0 spiro atoms. The summed E-state index contributed by atoms with van der Waals surface area (Å²) < 4.78 is 10.1. The zero-order valence-electron chi connectivity index (χ0n) is 18.1. The van der Waals surface area contributed by atoms with Gasteiger partial charge in [0.2, 0.25) is 11.8 Å². The molecule has 2 heterocycles. The molecule has 0 aromatic heterocycles. The van der Waals surface area contributed by atoms with Crippen LogP contribution in [0.3, 0.4) is 0 Å². The number of nitrogens with one attached hydrogen (secondary N) is 3. The smallest absolute Gasteiger partial charge is 0.411 e. The molecule has 11 heteroatoms. The number of hydrogen-bond acceptors (Lipinski definition) is 7. The molecule has 32 heavy (non-hydrogen) atoms. The third kappa shape index (κ3) is 5.54. The highest BCUT2D eigenvalue weighted by Gasteiger charge is 2.40. The van der Waals surface area contributed by atoms with E-state index in [1.165, 1.54) is 4.90 Å². The number of ether oxygens (including phenoxy) is 2. The van der Waals surface area contributed by atoms with Crippen molar-refractivity contribution in [2.75, 3.05) is 18.5 Å². The number of imide groups is 1. The number of alkyl carbamates (subject to hydrolysis) is 1. The second-order valence-electron chi connectivity index (χ2n) is 8.42. The molecule has 3 N–H and O–H groups in total. The molecule has 1 aromatic rings. The van der Waals surface area contributed by atoms with Gasteiger partial charge in [-0.2, -0.15) is 0 Å². The van der Waals surface area contributed by atoms with E-state index in [4.69, 9.17) is 9.47 Å². The van der Waals surface area contributed by atoms with E-state index in [0.29, 0.717) is 16.8 Å². The monoisotopic (exact) mass is 446 g/mol. The van der Waals surface area contributed by atoms with E-state index in [1.54, 1.807) is 39.0 Å². The lowest BCUT2D eigenvalue weighted by atomic mass is 10.0. The van der Waals surface area contributed by atoms with Gasteiger partial charge in [-0.25, -0.2) is 9.59 Å². The van der Waals surface area contributed by atoms with Crippen molar-refractivity contribution in [1.82, 2.24) is 15.5 Å². The van der Waals surface area contributed by atoms with E-state index in [0.717, 1.165) is 0 Å². The molecule has 172 valence electrons. The van der Waals surface area contributed by atoms with Gasteiger partial charge >= 0.3 is 12.2 Å². The minimum Gasteiger partial charge on any atom is -0.447 e. The normalized spacial score (nSPS) is 18.0. The molecule has 0 bridgehead atoms. The summed E-state index contributed by atoms with van der Waals surface area (Å²) in [6, 6.07) is 4.11. The lowest BCUT2D eigenvalue weighted by molar-refractivity contribution is -0.136. The number of amides is 5. The Morgan fingerprint density at radius 1 is 1.19 bits per heavy atom. The Morgan fingerprint density at radius 3 is 2.62 bits per heavy atom. The van der Waals surface area contributed by atoms with Gasteiger partial charge in [-0.15, -0.1) is 0 Å². The van der Waals surface area contributed by atoms with Crippen molar-refractivity contribution < 1.29 is 33.4 Å². The van der Waals surface area contributed by atoms with Gasteiger partial charge in [0, 0.05) is 29.8 Å². The van der Waals surface area contributed by atoms with Gasteiger partial charge in [-0.3, -0.25) is 25.0 Å². The summed E-state index contributed by atoms with van der Waals surface area (Å²) in [5.74, 6) is -1.21. The number of rotatable bonds is 5. The predicted molar refractivity (Wildman–Crippen MR) is 112 cm³/mol. The predicted octanol–water partition coefficient (Wildman–Crippen LogP) is 1.52. The lowest BCUT2D eigenvalue weighted by Crippen LogP contribution is -2.52. The fraction of sp³-hybridized carbons (Fsp3) is 0.476. The van der Waals surface area contributed by atoms with Gasteiger partial charge in [-0.05, 0) is 39.3 Å². The molecule has 11 nitrogen and oxygen atoms in total. The van der Waals surface area contributed by atoms with E-state index in [2.05, 4.69) is 16.0 Å². The molecule has 0 aliphatic carbocycles. The van der Waals surface area contributed by atoms with Crippen molar-refractivity contribution in [2.24, 2.45) is 0 Å². The van der Waals surface area contributed by atoms with Crippen molar-refractivity contribution in [3.05, 3.63) is 29.3 Å². The Morgan fingerprint density at radius 2 is 1.94 bits per heavy atom. The molecule has 1 fully saturated rings. The molecule has 1 atom stereocenters. The van der Waals surface area contributed by atoms with Crippen LogP contribution < -0.4 is 16.0 Å². The largest absolute Gasteiger partial charge is 0.447 e. The molecule has 1 unspecified atom stereocenters. The minimum atomic E-state index is -0.753. The third-order valence-electron chi connectivity index (χ3n) is 4.82. The highest BCUT2D eigenvalue weighted by atomic mass is 16.6. The first-order valence-corrected chi connectivity index (χ1v) is 10.2. The average molecular weight is 446 g/mol. The van der Waals surface area contributed by atoms with Crippen molar-refractivity contribution in [2.45, 2.75) is 51.8 Å². The second kappa shape index (κ2) is 9.25. The summed E-state index contributed by atoms with van der Waals surface area (Å²) >= 11 is 0. The topological polar surface area (TPSA) is 143 Å². The Balaban J connectivity index is 1.55. The molecule has 2 aliphatic heterocycles. The highest BCUT2D eigenvalue weighted by molar-refractivity contribution is 6.06. The number of fused-ring (bicyclic) bond motifs is 1. The van der Waals surface area contributed by atoms with Gasteiger partial charge in [0.1, 0.15) is 18.2 Å². The SMILES string of the molecule is CC(C)(C)OC(=O)NCCOC(=O)Nc1cccc2c1CN(C1CCC(=O)NC1=O)C2=O. The molecule has 0 saturated carbocycles. The zero-order chi connectivity index (χ0) is 23.5. The molecule has 1 aromatic carbocycles. The van der Waals surface area contributed by atoms with Crippen molar-refractivity contribution in [3.63, 3.8) is 0 Å². The van der Waals surface area contributed by atoms with Crippen LogP contribution in [-0.4, -0.2) is 59.6 Å². The van der Waals surface area contributed by atoms with Crippen LogP contribution in [0.4, 0.5) is 15.3 Å². The first-order valence-electron chi connectivity index (χ1n) is 10.2. The van der Waals surface area contributed by atoms with E-state index in [1.807, 2.05) is 0 Å². The molecule has 5 amide bonds. The van der Waals surface area contributed by atoms with Crippen LogP contribution in [-0.2, 0) is 25.6 Å². The Hall–Kier alpha value is -3.63. The quantitative estimate of drug-likeness (QED) is 0.460. The summed E-state index contributed by atoms with van der Waals surface area (Å²) in [5, 5.41) is 7.32. The maximum absolute atomic E-state index is 12.8. The minimum absolute atomic E-state index is 0.0665. The fourth-order valence-electron chi connectivity index (χ4n) is 3.46. The zero-order valence-corrected chi connectivity index (χ0v) is 18.1. The Kier molecular flexibility index (Phi) is 6.66. The lowest BCUT2D eigenvalue weighted by Gasteiger charge is -2.29. The summed E-state index contributed by atoms with van der Waals surface area (Å²) in [6.45, 7) is 5.32. The molecule has 0 radical (unpaired) electrons. The van der Waals surface area contributed by atoms with Crippen LogP contribution in [0.1, 0.15) is 49.5 Å². The first-order chi connectivity index (χ1) is 15.0. The van der Waals surface area contributed by atoms with E-state index < -0.39 is 29.7 Å². The van der Waals surface area contributed by atoms with E-state index in [9.17, 15) is 24.0 Å². The van der Waals surface area contributed by atoms with Gasteiger partial charge in [0.15, 0.2) is 0 Å². The Labute approximate surface area is 184 Å². The second-order valence-corrected chi connectivity index (χ2v) is 8.42. The van der Waals surface area contributed by atoms with Crippen molar-refractivity contribution in [1.29, 1.82) is 0 Å². The summed E-state index contributed by atoms with van der Waals surface area (Å²) in [7, 11) is 0. The summed E-state index contributed by atoms with van der Waals surface area (Å²) in [5.41, 5.74) is 0.690. The van der Waals surface area contributed by atoms with Crippen molar-refractivity contribution in [3.8, 4) is 0 Å². The van der Waals surface area contributed by atoms with Crippen LogP contribution in [0, 0.1) is 0 Å². The van der Waals surface area contributed by atoms with Gasteiger partial charge in [0.05, 0.1) is 6.54 Å². The average Bonchev–Trinajstić information content (AvgIpc) is 3.02. The van der Waals surface area contributed by atoms with Crippen LogP contribution in [0.25, 0.3) is 0 Å². The number of piperidine rings is 1. The van der Waals surface area contributed by atoms with Crippen LogP contribution in [0.2, 0.25) is 0 Å². The third-order valence-corrected chi connectivity index (χ3v) is 4.82. The van der Waals surface area contributed by atoms with E-state index >= 15 is 0 Å². The molecule has 3 rings (SSSR count). The van der Waals surface area contributed by atoms with Gasteiger partial charge < -0.3 is 19.7 Å². The van der Waals surface area contributed by atoms with Crippen molar-refractivity contribution >= 4 is 35.6 Å². The highest BCUT2D eigenvalue weighted by Crippen LogP contribution is 2.32. The number of hydrogen-bond donors (Lipinski definition) is 3. The molecule has 2 aliphatic rings. The van der Waals surface area contributed by atoms with Gasteiger partial charge in [-0.1, -0.05) is 6.07 Å². The molecule has 1 saturated heterocycles. The number of carbonyl (C=O) groups excluding carboxylic acids is 5. The number of anilines is 1. The first kappa shape index (κ1) is 23.0. The molecular weight excluding hydrogens is 420 g/mol.